The highest BCUT2D eigenvalue weighted by Gasteiger charge is 2.29. The van der Waals surface area contributed by atoms with Crippen molar-refractivity contribution in [3.8, 4) is 5.75 Å². The van der Waals surface area contributed by atoms with Gasteiger partial charge >= 0.3 is 0 Å². The van der Waals surface area contributed by atoms with E-state index in [4.69, 9.17) is 16.3 Å². The van der Waals surface area contributed by atoms with Crippen molar-refractivity contribution < 1.29 is 26.4 Å². The zero-order valence-electron chi connectivity index (χ0n) is 18.3. The topological polar surface area (TPSA) is 113 Å². The molecule has 0 aliphatic carbocycles. The first-order valence-electron chi connectivity index (χ1n) is 10.3. The van der Waals surface area contributed by atoms with Gasteiger partial charge in [-0.05, 0) is 55.3 Å². The summed E-state index contributed by atoms with van der Waals surface area (Å²) in [5.41, 5.74) is 0.216. The summed E-state index contributed by atoms with van der Waals surface area (Å²) in [6.45, 7) is 0.385. The molecule has 0 unspecified atom stereocenters. The van der Waals surface area contributed by atoms with Crippen LogP contribution in [0, 0.1) is 0 Å². The van der Waals surface area contributed by atoms with Gasteiger partial charge in [0.05, 0.1) is 18.6 Å². The second-order valence-corrected chi connectivity index (χ2v) is 12.0. The molecule has 1 heterocycles. The predicted molar refractivity (Wildman–Crippen MR) is 126 cm³/mol. The van der Waals surface area contributed by atoms with E-state index in [0.29, 0.717) is 18.1 Å². The van der Waals surface area contributed by atoms with Crippen LogP contribution >= 0.6 is 11.6 Å². The number of benzene rings is 2. The van der Waals surface area contributed by atoms with Crippen molar-refractivity contribution >= 4 is 43.2 Å². The molecule has 0 saturated carbocycles. The van der Waals surface area contributed by atoms with Gasteiger partial charge in [0.15, 0.2) is 0 Å². The van der Waals surface area contributed by atoms with Crippen LogP contribution in [0.25, 0.3) is 0 Å². The Morgan fingerprint density at radius 1 is 1.06 bits per heavy atom. The molecule has 0 aromatic heterocycles. The minimum Gasteiger partial charge on any atom is -0.495 e. The van der Waals surface area contributed by atoms with E-state index in [2.05, 4.69) is 5.32 Å². The molecule has 1 aliphatic heterocycles. The quantitative estimate of drug-likeness (QED) is 0.578. The van der Waals surface area contributed by atoms with Crippen LogP contribution in [-0.4, -0.2) is 65.1 Å². The van der Waals surface area contributed by atoms with Gasteiger partial charge in [-0.25, -0.2) is 16.8 Å². The minimum absolute atomic E-state index is 0.00144. The summed E-state index contributed by atoms with van der Waals surface area (Å²) in [5, 5.41) is 2.96. The number of piperidine rings is 1. The van der Waals surface area contributed by atoms with Gasteiger partial charge in [-0.2, -0.15) is 8.61 Å². The lowest BCUT2D eigenvalue weighted by molar-refractivity contribution is -0.116. The molecule has 2 aromatic carbocycles. The van der Waals surface area contributed by atoms with E-state index in [0.717, 1.165) is 23.6 Å². The molecule has 33 heavy (non-hydrogen) atoms. The fraction of sp³-hybridized carbons (Fsp3) is 0.381. The molecule has 1 fully saturated rings. The zero-order chi connectivity index (χ0) is 24.2. The number of hydrogen-bond donors (Lipinski definition) is 1. The van der Waals surface area contributed by atoms with Crippen LogP contribution in [0.3, 0.4) is 0 Å². The number of carbonyl (C=O) groups excluding carboxylic acids is 1. The fourth-order valence-electron chi connectivity index (χ4n) is 3.47. The Morgan fingerprint density at radius 3 is 2.30 bits per heavy atom. The van der Waals surface area contributed by atoms with Gasteiger partial charge in [0.25, 0.3) is 0 Å². The summed E-state index contributed by atoms with van der Waals surface area (Å²) < 4.78 is 59.2. The monoisotopic (exact) mass is 515 g/mol. The second kappa shape index (κ2) is 10.4. The molecule has 1 saturated heterocycles. The van der Waals surface area contributed by atoms with Crippen molar-refractivity contribution in [2.75, 3.05) is 39.1 Å². The number of methoxy groups -OCH3 is 1. The van der Waals surface area contributed by atoms with Gasteiger partial charge in [-0.15, -0.1) is 0 Å². The van der Waals surface area contributed by atoms with Crippen LogP contribution in [0.2, 0.25) is 5.02 Å². The number of nitrogens with zero attached hydrogens (tertiary/aromatic N) is 2. The van der Waals surface area contributed by atoms with E-state index in [1.165, 1.54) is 60.9 Å². The molecule has 9 nitrogen and oxygen atoms in total. The number of halogens is 1. The van der Waals surface area contributed by atoms with Crippen molar-refractivity contribution in [2.45, 2.75) is 29.1 Å². The average molecular weight is 516 g/mol. The number of carbonyl (C=O) groups is 1. The van der Waals surface area contributed by atoms with Crippen molar-refractivity contribution in [1.82, 2.24) is 8.61 Å². The molecule has 1 amide bonds. The third-order valence-electron chi connectivity index (χ3n) is 5.27. The lowest BCUT2D eigenvalue weighted by atomic mass is 10.2. The van der Waals surface area contributed by atoms with Crippen molar-refractivity contribution in [3.63, 3.8) is 0 Å². The summed E-state index contributed by atoms with van der Waals surface area (Å²) in [4.78, 5) is 12.5. The van der Waals surface area contributed by atoms with E-state index in [1.54, 1.807) is 0 Å². The van der Waals surface area contributed by atoms with Gasteiger partial charge in [0, 0.05) is 30.8 Å². The van der Waals surface area contributed by atoms with Gasteiger partial charge in [-0.1, -0.05) is 18.0 Å². The van der Waals surface area contributed by atoms with E-state index in [-0.39, 0.29) is 21.2 Å². The van der Waals surface area contributed by atoms with Crippen molar-refractivity contribution in [3.05, 3.63) is 47.5 Å². The molecule has 3 rings (SSSR count). The standard InChI is InChI=1S/C21H26ClN3O6S2/c1-24(32(27,28)18-9-6-16(22)7-10-18)15-21(26)23-17-8-11-19(31-2)20(14-17)33(29,30)25-12-4-3-5-13-25/h6-11,14H,3-5,12-13,15H2,1-2H3,(H,23,26). The van der Waals surface area contributed by atoms with Crippen LogP contribution in [-0.2, 0) is 24.8 Å². The predicted octanol–water partition coefficient (Wildman–Crippen LogP) is 2.78. The van der Waals surface area contributed by atoms with Gasteiger partial charge < -0.3 is 10.1 Å². The number of nitrogens with one attached hydrogen (secondary N) is 1. The Labute approximate surface area is 199 Å². The molecule has 1 N–H and O–H groups in total. The normalized spacial score (nSPS) is 15.4. The second-order valence-electron chi connectivity index (χ2n) is 7.59. The average Bonchev–Trinajstić information content (AvgIpc) is 2.79. The zero-order valence-corrected chi connectivity index (χ0v) is 20.7. The van der Waals surface area contributed by atoms with Gasteiger partial charge in [0.2, 0.25) is 26.0 Å². The van der Waals surface area contributed by atoms with Crippen LogP contribution in [0.5, 0.6) is 5.75 Å². The smallest absolute Gasteiger partial charge is 0.246 e. The molecule has 180 valence electrons. The Kier molecular flexibility index (Phi) is 8.01. The number of ether oxygens (including phenoxy) is 1. The van der Waals surface area contributed by atoms with E-state index < -0.39 is 32.5 Å². The number of rotatable bonds is 8. The molecular formula is C21H26ClN3O6S2. The lowest BCUT2D eigenvalue weighted by Crippen LogP contribution is -2.36. The van der Waals surface area contributed by atoms with E-state index in [1.807, 2.05) is 0 Å². The lowest BCUT2D eigenvalue weighted by Gasteiger charge is -2.26. The highest BCUT2D eigenvalue weighted by molar-refractivity contribution is 7.89. The van der Waals surface area contributed by atoms with E-state index >= 15 is 0 Å². The maximum atomic E-state index is 13.1. The third-order valence-corrected chi connectivity index (χ3v) is 9.26. The minimum atomic E-state index is -3.91. The van der Waals surface area contributed by atoms with Crippen LogP contribution in [0.1, 0.15) is 19.3 Å². The molecule has 12 heteroatoms. The maximum absolute atomic E-state index is 13.1. The summed E-state index contributed by atoms with van der Waals surface area (Å²) in [5.74, 6) is -0.456. The summed E-state index contributed by atoms with van der Waals surface area (Å²) >= 11 is 5.80. The molecule has 0 radical (unpaired) electrons. The maximum Gasteiger partial charge on any atom is 0.246 e. The van der Waals surface area contributed by atoms with E-state index in [9.17, 15) is 21.6 Å². The highest BCUT2D eigenvalue weighted by atomic mass is 35.5. The SMILES string of the molecule is COc1ccc(NC(=O)CN(C)S(=O)(=O)c2ccc(Cl)cc2)cc1S(=O)(=O)N1CCCCC1. The molecule has 0 spiro atoms. The van der Waals surface area contributed by atoms with Crippen molar-refractivity contribution in [1.29, 1.82) is 0 Å². The Balaban J connectivity index is 1.77. The summed E-state index contributed by atoms with van der Waals surface area (Å²) in [6.07, 6.45) is 2.55. The third kappa shape index (κ3) is 5.85. The first-order chi connectivity index (χ1) is 15.6. The number of hydrogen-bond acceptors (Lipinski definition) is 6. The number of amides is 1. The summed E-state index contributed by atoms with van der Waals surface area (Å²) in [7, 11) is -5.06. The first kappa shape index (κ1) is 25.4. The van der Waals surface area contributed by atoms with Gasteiger partial charge in [-0.3, -0.25) is 4.79 Å². The van der Waals surface area contributed by atoms with Crippen LogP contribution in [0.15, 0.2) is 52.3 Å². The number of likely N-dealkylation sites (N-methyl/N-ethyl adjacent to an activating group) is 1. The van der Waals surface area contributed by atoms with Crippen LogP contribution in [0.4, 0.5) is 5.69 Å². The Morgan fingerprint density at radius 2 is 1.70 bits per heavy atom. The highest BCUT2D eigenvalue weighted by Crippen LogP contribution is 2.31. The molecule has 0 atom stereocenters. The largest absolute Gasteiger partial charge is 0.495 e. The summed E-state index contributed by atoms with van der Waals surface area (Å²) in [6, 6.07) is 9.89. The van der Waals surface area contributed by atoms with Gasteiger partial charge in [0.1, 0.15) is 10.6 Å². The number of anilines is 1. The number of sulfonamides is 2. The molecule has 2 aromatic rings. The Bertz CT molecular complexity index is 1210. The van der Waals surface area contributed by atoms with Crippen LogP contribution < -0.4 is 10.1 Å². The first-order valence-corrected chi connectivity index (χ1v) is 13.5. The molecular weight excluding hydrogens is 490 g/mol. The molecule has 0 bridgehead atoms. The Hall–Kier alpha value is -2.18. The van der Waals surface area contributed by atoms with Crippen molar-refractivity contribution in [2.24, 2.45) is 0 Å². The fourth-order valence-corrected chi connectivity index (χ4v) is 6.43. The molecule has 1 aliphatic rings.